The third-order valence-corrected chi connectivity index (χ3v) is 4.48. The third kappa shape index (κ3) is 3.20. The zero-order valence-corrected chi connectivity index (χ0v) is 12.9. The normalized spacial score (nSPS) is 23.0. The van der Waals surface area contributed by atoms with Crippen LogP contribution in [0.1, 0.15) is 18.5 Å². The molecule has 7 heteroatoms. The Bertz CT molecular complexity index is 546. The van der Waals surface area contributed by atoms with Gasteiger partial charge in [-0.3, -0.25) is 15.0 Å². The van der Waals surface area contributed by atoms with Gasteiger partial charge in [0.15, 0.2) is 0 Å². The fraction of sp³-hybridized carbons (Fsp3) is 0.667. The van der Waals surface area contributed by atoms with Gasteiger partial charge in [0.1, 0.15) is 11.5 Å². The van der Waals surface area contributed by atoms with Crippen molar-refractivity contribution in [2.75, 3.05) is 44.3 Å². The second kappa shape index (κ2) is 6.58. The second-order valence-corrected chi connectivity index (χ2v) is 5.93. The van der Waals surface area contributed by atoms with Gasteiger partial charge in [0.25, 0.3) is 5.69 Å². The minimum atomic E-state index is -0.374. The molecule has 2 aliphatic heterocycles. The summed E-state index contributed by atoms with van der Waals surface area (Å²) in [5, 5.41) is 10.9. The highest BCUT2D eigenvalue weighted by atomic mass is 16.6. The second-order valence-electron chi connectivity index (χ2n) is 5.93. The van der Waals surface area contributed by atoms with Crippen LogP contribution in [0.2, 0.25) is 0 Å². The number of morpholine rings is 1. The number of hydrogen-bond acceptors (Lipinski definition) is 6. The number of rotatable bonds is 4. The summed E-state index contributed by atoms with van der Waals surface area (Å²) in [5.41, 5.74) is 0.576. The molecule has 3 heterocycles. The molecule has 1 aromatic rings. The quantitative estimate of drug-likeness (QED) is 0.621. The maximum absolute atomic E-state index is 10.9. The predicted octanol–water partition coefficient (Wildman–Crippen LogP) is 1.60. The lowest BCUT2D eigenvalue weighted by Gasteiger charge is -2.33. The van der Waals surface area contributed by atoms with E-state index >= 15 is 0 Å². The van der Waals surface area contributed by atoms with Gasteiger partial charge in [-0.25, -0.2) is 4.98 Å². The van der Waals surface area contributed by atoms with Crippen LogP contribution in [-0.4, -0.2) is 60.2 Å². The maximum Gasteiger partial charge on any atom is 0.290 e. The number of nitro groups is 1. The van der Waals surface area contributed by atoms with Crippen molar-refractivity contribution in [2.45, 2.75) is 25.8 Å². The van der Waals surface area contributed by atoms with Crippen molar-refractivity contribution < 1.29 is 9.66 Å². The van der Waals surface area contributed by atoms with E-state index in [2.05, 4.69) is 14.8 Å². The molecule has 120 valence electrons. The van der Waals surface area contributed by atoms with E-state index in [9.17, 15) is 10.1 Å². The fourth-order valence-electron chi connectivity index (χ4n) is 3.30. The number of ether oxygens (including phenoxy) is 1. The molecule has 0 aromatic carbocycles. The van der Waals surface area contributed by atoms with E-state index in [1.54, 1.807) is 19.1 Å². The average Bonchev–Trinajstić information content (AvgIpc) is 2.96. The van der Waals surface area contributed by atoms with Crippen molar-refractivity contribution in [3.8, 4) is 0 Å². The summed E-state index contributed by atoms with van der Waals surface area (Å²) in [6.45, 7) is 7.27. The molecular weight excluding hydrogens is 284 g/mol. The maximum atomic E-state index is 10.9. The van der Waals surface area contributed by atoms with Crippen LogP contribution in [0.15, 0.2) is 12.1 Å². The highest BCUT2D eigenvalue weighted by Gasteiger charge is 2.28. The summed E-state index contributed by atoms with van der Waals surface area (Å²) >= 11 is 0. The van der Waals surface area contributed by atoms with Gasteiger partial charge >= 0.3 is 0 Å². The van der Waals surface area contributed by atoms with Crippen molar-refractivity contribution in [2.24, 2.45) is 0 Å². The number of nitrogens with zero attached hydrogens (tertiary/aromatic N) is 4. The summed E-state index contributed by atoms with van der Waals surface area (Å²) in [6.07, 6.45) is 2.29. The molecule has 22 heavy (non-hydrogen) atoms. The fourth-order valence-corrected chi connectivity index (χ4v) is 3.30. The highest BCUT2D eigenvalue weighted by Crippen LogP contribution is 2.27. The Labute approximate surface area is 130 Å². The summed E-state index contributed by atoms with van der Waals surface area (Å²) in [4.78, 5) is 19.7. The minimum absolute atomic E-state index is 0.0904. The molecule has 0 spiro atoms. The predicted molar refractivity (Wildman–Crippen MR) is 83.3 cm³/mol. The number of pyridine rings is 1. The Morgan fingerprint density at radius 2 is 2.14 bits per heavy atom. The average molecular weight is 306 g/mol. The lowest BCUT2D eigenvalue weighted by atomic mass is 10.2. The minimum Gasteiger partial charge on any atom is -0.379 e. The Morgan fingerprint density at radius 3 is 2.82 bits per heavy atom. The van der Waals surface area contributed by atoms with Crippen LogP contribution in [-0.2, 0) is 4.74 Å². The van der Waals surface area contributed by atoms with E-state index < -0.39 is 0 Å². The third-order valence-electron chi connectivity index (χ3n) is 4.48. The molecule has 3 rings (SSSR count). The topological polar surface area (TPSA) is 71.7 Å². The Hall–Kier alpha value is -1.73. The van der Waals surface area contributed by atoms with Crippen molar-refractivity contribution >= 4 is 11.5 Å². The first kappa shape index (κ1) is 15.2. The summed E-state index contributed by atoms with van der Waals surface area (Å²) < 4.78 is 5.40. The standard InChI is InChI=1S/C15H22N4O3/c1-12-14(19(20)21)4-5-15(16-12)18-6-2-3-13(18)11-17-7-9-22-10-8-17/h4-5,13H,2-3,6-11H2,1H3/t13-/m1/s1. The van der Waals surface area contributed by atoms with Crippen LogP contribution in [0.4, 0.5) is 11.5 Å². The van der Waals surface area contributed by atoms with Gasteiger partial charge in [-0.15, -0.1) is 0 Å². The lowest BCUT2D eigenvalue weighted by Crippen LogP contribution is -2.45. The van der Waals surface area contributed by atoms with E-state index in [-0.39, 0.29) is 10.6 Å². The SMILES string of the molecule is Cc1nc(N2CCC[C@@H]2CN2CCOCC2)ccc1[N+](=O)[O-]. The molecule has 7 nitrogen and oxygen atoms in total. The molecule has 0 unspecified atom stereocenters. The van der Waals surface area contributed by atoms with Gasteiger partial charge in [0.05, 0.1) is 18.1 Å². The number of aromatic nitrogens is 1. The van der Waals surface area contributed by atoms with Crippen molar-refractivity contribution in [1.29, 1.82) is 0 Å². The van der Waals surface area contributed by atoms with Gasteiger partial charge in [-0.1, -0.05) is 0 Å². The smallest absolute Gasteiger partial charge is 0.290 e. The molecule has 0 bridgehead atoms. The van der Waals surface area contributed by atoms with E-state index in [1.165, 1.54) is 0 Å². The molecule has 0 aliphatic carbocycles. The van der Waals surface area contributed by atoms with Crippen LogP contribution in [0.5, 0.6) is 0 Å². The first-order chi connectivity index (χ1) is 10.6. The van der Waals surface area contributed by atoms with E-state index in [0.717, 1.165) is 58.1 Å². The van der Waals surface area contributed by atoms with Gasteiger partial charge < -0.3 is 9.64 Å². The van der Waals surface area contributed by atoms with Crippen molar-refractivity contribution in [3.63, 3.8) is 0 Å². The molecule has 2 saturated heterocycles. The summed E-state index contributed by atoms with van der Waals surface area (Å²) in [5.74, 6) is 0.860. The molecule has 0 amide bonds. The summed E-state index contributed by atoms with van der Waals surface area (Å²) in [7, 11) is 0. The zero-order valence-electron chi connectivity index (χ0n) is 12.9. The number of hydrogen-bond donors (Lipinski definition) is 0. The van der Waals surface area contributed by atoms with E-state index in [0.29, 0.717) is 11.7 Å². The lowest BCUT2D eigenvalue weighted by molar-refractivity contribution is -0.385. The Balaban J connectivity index is 1.72. The molecule has 0 radical (unpaired) electrons. The van der Waals surface area contributed by atoms with E-state index in [4.69, 9.17) is 4.74 Å². The first-order valence-corrected chi connectivity index (χ1v) is 7.84. The summed E-state index contributed by atoms with van der Waals surface area (Å²) in [6, 6.07) is 3.79. The largest absolute Gasteiger partial charge is 0.379 e. The molecule has 1 aromatic heterocycles. The van der Waals surface area contributed by atoms with Crippen molar-refractivity contribution in [3.05, 3.63) is 27.9 Å². The Kier molecular flexibility index (Phi) is 4.54. The Morgan fingerprint density at radius 1 is 1.36 bits per heavy atom. The van der Waals surface area contributed by atoms with Crippen LogP contribution < -0.4 is 4.90 Å². The van der Waals surface area contributed by atoms with Crippen molar-refractivity contribution in [1.82, 2.24) is 9.88 Å². The molecule has 2 aliphatic rings. The van der Waals surface area contributed by atoms with Crippen LogP contribution in [0, 0.1) is 17.0 Å². The monoisotopic (exact) mass is 306 g/mol. The van der Waals surface area contributed by atoms with Gasteiger partial charge in [-0.05, 0) is 25.8 Å². The molecular formula is C15H22N4O3. The van der Waals surface area contributed by atoms with E-state index in [1.807, 2.05) is 0 Å². The zero-order chi connectivity index (χ0) is 15.5. The van der Waals surface area contributed by atoms with Gasteiger partial charge in [0.2, 0.25) is 0 Å². The van der Waals surface area contributed by atoms with Crippen LogP contribution in [0.25, 0.3) is 0 Å². The first-order valence-electron chi connectivity index (χ1n) is 7.84. The van der Waals surface area contributed by atoms with Crippen LogP contribution >= 0.6 is 0 Å². The number of anilines is 1. The highest BCUT2D eigenvalue weighted by molar-refractivity contribution is 5.48. The molecule has 1 atom stereocenters. The molecule has 2 fully saturated rings. The molecule has 0 saturated carbocycles. The number of aryl methyl sites for hydroxylation is 1. The molecule has 0 N–H and O–H groups in total. The van der Waals surface area contributed by atoms with Crippen LogP contribution in [0.3, 0.4) is 0 Å². The van der Waals surface area contributed by atoms with Gasteiger partial charge in [0, 0.05) is 38.3 Å². The van der Waals surface area contributed by atoms with Gasteiger partial charge in [-0.2, -0.15) is 0 Å².